The Morgan fingerprint density at radius 3 is 1.86 bits per heavy atom. The number of nitrogens with zero attached hydrogens (tertiary/aromatic N) is 1. The molecule has 1 aliphatic rings. The maximum Gasteiger partial charge on any atom is 0.167 e. The van der Waals surface area contributed by atoms with Gasteiger partial charge in [0.1, 0.15) is 11.6 Å². The number of hydrogen-bond donors (Lipinski definition) is 1. The van der Waals surface area contributed by atoms with E-state index in [9.17, 15) is 18.4 Å². The zero-order chi connectivity index (χ0) is 25.1. The van der Waals surface area contributed by atoms with E-state index in [1.807, 2.05) is 36.9 Å². The maximum atomic E-state index is 14.0. The summed E-state index contributed by atoms with van der Waals surface area (Å²) in [6.45, 7) is 5.67. The van der Waals surface area contributed by atoms with Crippen molar-refractivity contribution in [3.05, 3.63) is 106 Å². The number of piperidine rings is 1. The molecule has 0 radical (unpaired) electrons. The van der Waals surface area contributed by atoms with Crippen molar-refractivity contribution >= 4 is 11.6 Å². The molecule has 3 aromatic rings. The van der Waals surface area contributed by atoms with Gasteiger partial charge in [0.15, 0.2) is 11.6 Å². The van der Waals surface area contributed by atoms with E-state index < -0.39 is 29.4 Å². The quantitative estimate of drug-likeness (QED) is 0.491. The Labute approximate surface area is 204 Å². The third kappa shape index (κ3) is 5.24. The summed E-state index contributed by atoms with van der Waals surface area (Å²) in [4.78, 5) is 29.7. The standard InChI is InChI=1S/C29H30F2N2O2/c1-18-6-3-11-24(19(18)2)27-25(28(34)20-7-4-9-22(30)14-20)16-33(13-12-32)17-26(27)29(35)21-8-5-10-23(31)15-21/h3-11,14-15,25-27H,12-13,16-17,32H2,1-2H3/t25-,26+,27?. The van der Waals surface area contributed by atoms with Gasteiger partial charge in [0.25, 0.3) is 0 Å². The average Bonchev–Trinajstić information content (AvgIpc) is 2.85. The van der Waals surface area contributed by atoms with Crippen LogP contribution < -0.4 is 5.73 Å². The number of nitrogens with two attached hydrogens (primary N) is 1. The summed E-state index contributed by atoms with van der Waals surface area (Å²) in [6.07, 6.45) is 0. The van der Waals surface area contributed by atoms with Gasteiger partial charge in [0, 0.05) is 55.1 Å². The van der Waals surface area contributed by atoms with Crippen molar-refractivity contribution in [2.24, 2.45) is 17.6 Å². The first-order valence-corrected chi connectivity index (χ1v) is 11.9. The summed E-state index contributed by atoms with van der Waals surface area (Å²) in [5, 5.41) is 0. The first kappa shape index (κ1) is 24.9. The fourth-order valence-corrected chi connectivity index (χ4v) is 5.28. The number of likely N-dealkylation sites (tertiary alicyclic amines) is 1. The highest BCUT2D eigenvalue weighted by Crippen LogP contribution is 2.42. The average molecular weight is 477 g/mol. The first-order valence-electron chi connectivity index (χ1n) is 11.9. The molecule has 1 saturated heterocycles. The molecule has 0 aliphatic carbocycles. The lowest BCUT2D eigenvalue weighted by Gasteiger charge is -2.43. The minimum Gasteiger partial charge on any atom is -0.329 e. The molecular weight excluding hydrogens is 446 g/mol. The Balaban J connectivity index is 1.86. The Kier molecular flexibility index (Phi) is 7.53. The summed E-state index contributed by atoms with van der Waals surface area (Å²) in [6, 6.07) is 17.2. The van der Waals surface area contributed by atoms with Gasteiger partial charge in [0.05, 0.1) is 0 Å². The van der Waals surface area contributed by atoms with E-state index in [1.54, 1.807) is 12.1 Å². The number of ketones is 2. The van der Waals surface area contributed by atoms with E-state index in [-0.39, 0.29) is 22.7 Å². The van der Waals surface area contributed by atoms with Gasteiger partial charge in [-0.1, -0.05) is 42.5 Å². The molecule has 3 atom stereocenters. The van der Waals surface area contributed by atoms with Crippen molar-refractivity contribution in [2.45, 2.75) is 19.8 Å². The minimum atomic E-state index is -0.597. The number of carbonyl (C=O) groups excluding carboxylic acids is 2. The predicted octanol–water partition coefficient (Wildman–Crippen LogP) is 4.94. The summed E-state index contributed by atoms with van der Waals surface area (Å²) in [5.74, 6) is -3.04. The molecule has 0 aromatic heterocycles. The van der Waals surface area contributed by atoms with Crippen molar-refractivity contribution in [2.75, 3.05) is 26.2 Å². The molecule has 1 fully saturated rings. The molecule has 6 heteroatoms. The molecule has 3 aromatic carbocycles. The molecule has 1 heterocycles. The molecule has 35 heavy (non-hydrogen) atoms. The number of benzene rings is 3. The van der Waals surface area contributed by atoms with Gasteiger partial charge >= 0.3 is 0 Å². The number of rotatable bonds is 7. The number of halogens is 2. The topological polar surface area (TPSA) is 63.4 Å². The van der Waals surface area contributed by atoms with Crippen molar-refractivity contribution in [1.82, 2.24) is 4.90 Å². The van der Waals surface area contributed by atoms with Crippen LogP contribution in [0.25, 0.3) is 0 Å². The summed E-state index contributed by atoms with van der Waals surface area (Å²) < 4.78 is 28.0. The highest BCUT2D eigenvalue weighted by Gasteiger charge is 2.45. The Morgan fingerprint density at radius 1 is 0.857 bits per heavy atom. The lowest BCUT2D eigenvalue weighted by molar-refractivity contribution is 0.0578. The second-order valence-electron chi connectivity index (χ2n) is 9.33. The summed E-state index contributed by atoms with van der Waals surface area (Å²) in [7, 11) is 0. The largest absolute Gasteiger partial charge is 0.329 e. The lowest BCUT2D eigenvalue weighted by Crippen LogP contribution is -2.51. The fraction of sp³-hybridized carbons (Fsp3) is 0.310. The van der Waals surface area contributed by atoms with E-state index in [1.165, 1.54) is 36.4 Å². The van der Waals surface area contributed by atoms with Crippen molar-refractivity contribution in [3.63, 3.8) is 0 Å². The molecule has 1 aliphatic heterocycles. The Hall–Kier alpha value is -3.22. The second kappa shape index (κ2) is 10.6. The van der Waals surface area contributed by atoms with E-state index >= 15 is 0 Å². The molecule has 0 amide bonds. The first-order chi connectivity index (χ1) is 16.8. The smallest absolute Gasteiger partial charge is 0.167 e. The van der Waals surface area contributed by atoms with Crippen LogP contribution in [0, 0.1) is 37.3 Å². The zero-order valence-corrected chi connectivity index (χ0v) is 20.0. The van der Waals surface area contributed by atoms with Crippen LogP contribution in [0.3, 0.4) is 0 Å². The highest BCUT2D eigenvalue weighted by atomic mass is 19.1. The van der Waals surface area contributed by atoms with Gasteiger partial charge in [-0.25, -0.2) is 8.78 Å². The number of aryl methyl sites for hydroxylation is 1. The second-order valence-corrected chi connectivity index (χ2v) is 9.33. The third-order valence-corrected chi connectivity index (χ3v) is 7.12. The highest BCUT2D eigenvalue weighted by molar-refractivity contribution is 6.02. The van der Waals surface area contributed by atoms with Crippen LogP contribution in [0.15, 0.2) is 66.7 Å². The molecule has 4 nitrogen and oxygen atoms in total. The van der Waals surface area contributed by atoms with Crippen LogP contribution in [-0.2, 0) is 0 Å². The van der Waals surface area contributed by atoms with Crippen LogP contribution >= 0.6 is 0 Å². The van der Waals surface area contributed by atoms with Gasteiger partial charge in [0.2, 0.25) is 0 Å². The van der Waals surface area contributed by atoms with Crippen molar-refractivity contribution in [1.29, 1.82) is 0 Å². The lowest BCUT2D eigenvalue weighted by atomic mass is 9.67. The van der Waals surface area contributed by atoms with Crippen molar-refractivity contribution < 1.29 is 18.4 Å². The van der Waals surface area contributed by atoms with Crippen LogP contribution in [0.5, 0.6) is 0 Å². The molecular formula is C29H30F2N2O2. The van der Waals surface area contributed by atoms with Crippen LogP contribution in [-0.4, -0.2) is 42.6 Å². The maximum absolute atomic E-state index is 14.0. The normalized spacial score (nSPS) is 20.5. The predicted molar refractivity (Wildman–Crippen MR) is 133 cm³/mol. The van der Waals surface area contributed by atoms with Crippen molar-refractivity contribution in [3.8, 4) is 0 Å². The van der Waals surface area contributed by atoms with Gasteiger partial charge < -0.3 is 10.6 Å². The van der Waals surface area contributed by atoms with Crippen LogP contribution in [0.2, 0.25) is 0 Å². The van der Waals surface area contributed by atoms with Gasteiger partial charge in [-0.15, -0.1) is 0 Å². The van der Waals surface area contributed by atoms with E-state index in [4.69, 9.17) is 5.73 Å². The number of carbonyl (C=O) groups is 2. The van der Waals surface area contributed by atoms with Crippen LogP contribution in [0.4, 0.5) is 8.78 Å². The van der Waals surface area contributed by atoms with Crippen LogP contribution in [0.1, 0.15) is 43.3 Å². The minimum absolute atomic E-state index is 0.214. The van der Waals surface area contributed by atoms with Gasteiger partial charge in [-0.3, -0.25) is 9.59 Å². The monoisotopic (exact) mass is 476 g/mol. The van der Waals surface area contributed by atoms with Gasteiger partial charge in [-0.05, 0) is 54.8 Å². The third-order valence-electron chi connectivity index (χ3n) is 7.12. The molecule has 0 bridgehead atoms. The Bertz CT molecular complexity index is 1180. The summed E-state index contributed by atoms with van der Waals surface area (Å²) in [5.41, 5.74) is 9.38. The molecule has 2 N–H and O–H groups in total. The number of hydrogen-bond acceptors (Lipinski definition) is 4. The van der Waals surface area contributed by atoms with E-state index in [0.717, 1.165) is 16.7 Å². The van der Waals surface area contributed by atoms with E-state index in [0.29, 0.717) is 26.2 Å². The SMILES string of the molecule is Cc1cccc(C2[C@@H](C(=O)c3cccc(F)c3)CN(CCN)C[C@H]2C(=O)c2cccc(F)c2)c1C. The fourth-order valence-electron chi connectivity index (χ4n) is 5.28. The molecule has 4 rings (SSSR count). The zero-order valence-electron chi connectivity index (χ0n) is 20.0. The van der Waals surface area contributed by atoms with E-state index in [2.05, 4.69) is 0 Å². The summed E-state index contributed by atoms with van der Waals surface area (Å²) >= 11 is 0. The molecule has 1 unspecified atom stereocenters. The molecule has 0 spiro atoms. The Morgan fingerprint density at radius 2 is 1.37 bits per heavy atom. The number of Topliss-reactive ketones (excluding diaryl/α,β-unsaturated/α-hetero) is 2. The van der Waals surface area contributed by atoms with Gasteiger partial charge in [-0.2, -0.15) is 0 Å². The molecule has 182 valence electrons. The molecule has 0 saturated carbocycles.